The average molecular weight is 417 g/mol. The molecule has 0 spiro atoms. The molecule has 2 aliphatic heterocycles. The van der Waals surface area contributed by atoms with E-state index in [9.17, 15) is 4.79 Å². The Morgan fingerprint density at radius 3 is 2.52 bits per heavy atom. The summed E-state index contributed by atoms with van der Waals surface area (Å²) in [6, 6.07) is 1.93. The number of esters is 1. The number of piperazine rings is 1. The van der Waals surface area contributed by atoms with Gasteiger partial charge >= 0.3 is 5.97 Å². The molecule has 2 aromatic heterocycles. The number of carbonyl (C=O) groups is 1. The van der Waals surface area contributed by atoms with Gasteiger partial charge in [0.1, 0.15) is 16.4 Å². The monoisotopic (exact) mass is 416 g/mol. The summed E-state index contributed by atoms with van der Waals surface area (Å²) in [7, 11) is 1.40. The van der Waals surface area contributed by atoms with Gasteiger partial charge in [-0.2, -0.15) is 0 Å². The fourth-order valence-electron chi connectivity index (χ4n) is 3.84. The molecule has 0 N–H and O–H groups in total. The number of rotatable bonds is 5. The number of nitrogens with zero attached hydrogens (tertiary/aromatic N) is 6. The van der Waals surface area contributed by atoms with Gasteiger partial charge in [-0.3, -0.25) is 0 Å². The van der Waals surface area contributed by atoms with Crippen LogP contribution >= 0.6 is 11.3 Å². The van der Waals surface area contributed by atoms with E-state index in [-0.39, 0.29) is 5.97 Å². The van der Waals surface area contributed by atoms with Crippen LogP contribution < -0.4 is 9.80 Å². The third-order valence-corrected chi connectivity index (χ3v) is 6.71. The molecule has 0 aliphatic carbocycles. The maximum atomic E-state index is 12.4. The number of methoxy groups -OCH3 is 1. The van der Waals surface area contributed by atoms with E-state index in [1.165, 1.54) is 24.9 Å². The van der Waals surface area contributed by atoms with E-state index in [0.29, 0.717) is 16.4 Å². The van der Waals surface area contributed by atoms with E-state index >= 15 is 0 Å². The van der Waals surface area contributed by atoms with E-state index in [2.05, 4.69) is 26.6 Å². The molecule has 0 atom stereocenters. The number of thiazole rings is 1. The topological polar surface area (TPSA) is 74.7 Å². The molecule has 2 aliphatic rings. The van der Waals surface area contributed by atoms with E-state index in [1.807, 2.05) is 6.07 Å². The SMILES string of the molecule is CCN1CCN(c2ccnc(-c3nc(N4CCCCC4)sc3C(=O)OC)n2)CC1. The van der Waals surface area contributed by atoms with Crippen molar-refractivity contribution >= 4 is 28.3 Å². The van der Waals surface area contributed by atoms with Gasteiger partial charge < -0.3 is 19.4 Å². The van der Waals surface area contributed by atoms with Crippen LogP contribution in [0.5, 0.6) is 0 Å². The number of anilines is 2. The van der Waals surface area contributed by atoms with Crippen molar-refractivity contribution in [1.82, 2.24) is 19.9 Å². The van der Waals surface area contributed by atoms with E-state index < -0.39 is 0 Å². The Morgan fingerprint density at radius 2 is 1.83 bits per heavy atom. The van der Waals surface area contributed by atoms with Crippen LogP contribution in [0.1, 0.15) is 35.9 Å². The van der Waals surface area contributed by atoms with Crippen molar-refractivity contribution in [3.05, 3.63) is 17.1 Å². The number of likely N-dealkylation sites (N-methyl/N-ethyl adjacent to an activating group) is 1. The van der Waals surface area contributed by atoms with Gasteiger partial charge in [0.15, 0.2) is 11.0 Å². The maximum absolute atomic E-state index is 12.4. The smallest absolute Gasteiger partial charge is 0.350 e. The maximum Gasteiger partial charge on any atom is 0.350 e. The first-order valence-electron chi connectivity index (χ1n) is 10.3. The predicted molar refractivity (Wildman–Crippen MR) is 115 cm³/mol. The van der Waals surface area contributed by atoms with Crippen molar-refractivity contribution in [1.29, 1.82) is 0 Å². The van der Waals surface area contributed by atoms with E-state index in [0.717, 1.165) is 69.6 Å². The number of hydrogen-bond donors (Lipinski definition) is 0. The second-order valence-electron chi connectivity index (χ2n) is 7.37. The van der Waals surface area contributed by atoms with Crippen LogP contribution in [0, 0.1) is 0 Å². The highest BCUT2D eigenvalue weighted by molar-refractivity contribution is 7.17. The molecule has 29 heavy (non-hydrogen) atoms. The largest absolute Gasteiger partial charge is 0.465 e. The Labute approximate surface area is 175 Å². The number of piperidine rings is 1. The van der Waals surface area contributed by atoms with E-state index in [1.54, 1.807) is 6.20 Å². The fraction of sp³-hybridized carbons (Fsp3) is 0.600. The Hall–Kier alpha value is -2.26. The zero-order valence-electron chi connectivity index (χ0n) is 17.1. The van der Waals surface area contributed by atoms with Gasteiger partial charge in [-0.25, -0.2) is 19.7 Å². The first-order chi connectivity index (χ1) is 14.2. The standard InChI is InChI=1S/C20H28N6O2S/c1-3-24-11-13-25(14-12-24)15-7-8-21-18(22-15)16-17(19(27)28-2)29-20(23-16)26-9-5-4-6-10-26/h7-8H,3-6,9-14H2,1-2H3. The highest BCUT2D eigenvalue weighted by Crippen LogP contribution is 2.34. The van der Waals surface area contributed by atoms with Crippen LogP contribution in [0.3, 0.4) is 0 Å². The van der Waals surface area contributed by atoms with Crippen molar-refractivity contribution in [2.45, 2.75) is 26.2 Å². The molecular weight excluding hydrogens is 388 g/mol. The van der Waals surface area contributed by atoms with Gasteiger partial charge in [0.2, 0.25) is 0 Å². The molecule has 0 aromatic carbocycles. The number of ether oxygens (including phenoxy) is 1. The molecule has 0 radical (unpaired) electrons. The summed E-state index contributed by atoms with van der Waals surface area (Å²) in [6.45, 7) is 9.12. The zero-order valence-corrected chi connectivity index (χ0v) is 18.0. The van der Waals surface area contributed by atoms with Crippen LogP contribution in [0.4, 0.5) is 10.9 Å². The summed E-state index contributed by atoms with van der Waals surface area (Å²) in [5, 5.41) is 0.852. The fourth-order valence-corrected chi connectivity index (χ4v) is 4.88. The van der Waals surface area contributed by atoms with Crippen LogP contribution in [0.2, 0.25) is 0 Å². The first kappa shape index (κ1) is 20.0. The molecule has 0 saturated carbocycles. The highest BCUT2D eigenvalue weighted by Gasteiger charge is 2.26. The van der Waals surface area contributed by atoms with Crippen molar-refractivity contribution in [3.63, 3.8) is 0 Å². The molecule has 4 rings (SSSR count). The molecule has 0 bridgehead atoms. The third-order valence-electron chi connectivity index (χ3n) is 5.61. The number of aromatic nitrogens is 3. The van der Waals surface area contributed by atoms with Crippen molar-refractivity contribution in [2.24, 2.45) is 0 Å². The second kappa shape index (κ2) is 9.04. The summed E-state index contributed by atoms with van der Waals surface area (Å²) < 4.78 is 5.01. The van der Waals surface area contributed by atoms with Gasteiger partial charge in [-0.1, -0.05) is 18.3 Å². The lowest BCUT2D eigenvalue weighted by Crippen LogP contribution is -2.46. The summed E-state index contributed by atoms with van der Waals surface area (Å²) in [4.78, 5) is 33.8. The molecule has 2 saturated heterocycles. The second-order valence-corrected chi connectivity index (χ2v) is 8.35. The third kappa shape index (κ3) is 4.35. The predicted octanol–water partition coefficient (Wildman–Crippen LogP) is 2.52. The molecule has 8 nitrogen and oxygen atoms in total. The Morgan fingerprint density at radius 1 is 1.07 bits per heavy atom. The molecular formula is C20H28N6O2S. The number of carbonyl (C=O) groups excluding carboxylic acids is 1. The quantitative estimate of drug-likeness (QED) is 0.689. The molecule has 0 amide bonds. The molecule has 2 fully saturated rings. The van der Waals surface area contributed by atoms with Gasteiger partial charge in [0.25, 0.3) is 0 Å². The minimum atomic E-state index is -0.383. The normalized spacial score (nSPS) is 18.1. The first-order valence-corrected chi connectivity index (χ1v) is 11.2. The van der Waals surface area contributed by atoms with Crippen LogP contribution in [-0.4, -0.2) is 78.7 Å². The molecule has 9 heteroatoms. The summed E-state index contributed by atoms with van der Waals surface area (Å²) >= 11 is 1.38. The average Bonchev–Trinajstić information content (AvgIpc) is 3.25. The van der Waals surface area contributed by atoms with E-state index in [4.69, 9.17) is 14.7 Å². The van der Waals surface area contributed by atoms with Crippen LogP contribution in [-0.2, 0) is 4.74 Å². The lowest BCUT2D eigenvalue weighted by atomic mass is 10.1. The Bertz CT molecular complexity index is 843. The lowest BCUT2D eigenvalue weighted by molar-refractivity contribution is 0.0607. The molecule has 4 heterocycles. The molecule has 156 valence electrons. The van der Waals surface area contributed by atoms with Gasteiger partial charge in [0.05, 0.1) is 7.11 Å². The van der Waals surface area contributed by atoms with Crippen molar-refractivity contribution in [2.75, 3.05) is 62.7 Å². The summed E-state index contributed by atoms with van der Waals surface area (Å²) in [5.41, 5.74) is 0.525. The molecule has 0 unspecified atom stereocenters. The molecule has 2 aromatic rings. The van der Waals surface area contributed by atoms with Gasteiger partial charge in [0, 0.05) is 45.5 Å². The van der Waals surface area contributed by atoms with Gasteiger partial charge in [-0.05, 0) is 31.9 Å². The Balaban J connectivity index is 1.63. The minimum absolute atomic E-state index is 0.383. The van der Waals surface area contributed by atoms with Crippen LogP contribution in [0.15, 0.2) is 12.3 Å². The van der Waals surface area contributed by atoms with Gasteiger partial charge in [-0.15, -0.1) is 0 Å². The summed E-state index contributed by atoms with van der Waals surface area (Å²) in [5.74, 6) is 0.987. The minimum Gasteiger partial charge on any atom is -0.465 e. The highest BCUT2D eigenvalue weighted by atomic mass is 32.1. The van der Waals surface area contributed by atoms with Crippen molar-refractivity contribution in [3.8, 4) is 11.5 Å². The Kier molecular flexibility index (Phi) is 6.25. The summed E-state index contributed by atoms with van der Waals surface area (Å²) in [6.07, 6.45) is 5.30. The van der Waals surface area contributed by atoms with Crippen molar-refractivity contribution < 1.29 is 9.53 Å². The number of hydrogen-bond acceptors (Lipinski definition) is 9. The lowest BCUT2D eigenvalue weighted by Gasteiger charge is -2.34. The zero-order chi connectivity index (χ0) is 20.2. The van der Waals surface area contributed by atoms with Crippen LogP contribution in [0.25, 0.3) is 11.5 Å².